The van der Waals surface area contributed by atoms with Gasteiger partial charge >= 0.3 is 5.69 Å². The van der Waals surface area contributed by atoms with Crippen LogP contribution in [0.4, 0.5) is 10.2 Å². The second-order valence-electron chi connectivity index (χ2n) is 4.30. The Hall–Kier alpha value is -1.73. The molecule has 4 N–H and O–H groups in total. The molecule has 0 aliphatic heterocycles. The number of hydrogen-bond donors (Lipinski definition) is 3. The lowest BCUT2D eigenvalue weighted by molar-refractivity contribution is 0.181. The Bertz CT molecular complexity index is 567. The quantitative estimate of drug-likeness (QED) is 0.671. The summed E-state index contributed by atoms with van der Waals surface area (Å²) in [6.45, 7) is 1.08. The van der Waals surface area contributed by atoms with E-state index in [1.54, 1.807) is 6.92 Å². The van der Waals surface area contributed by atoms with Crippen molar-refractivity contribution in [3.63, 3.8) is 0 Å². The van der Waals surface area contributed by atoms with Crippen molar-refractivity contribution < 1.29 is 14.6 Å². The molecule has 0 saturated carbocycles. The molecular weight excluding hydrogens is 241 g/mol. The van der Waals surface area contributed by atoms with Crippen molar-refractivity contribution in [3.05, 3.63) is 33.6 Å². The lowest BCUT2D eigenvalue weighted by Gasteiger charge is -2.14. The van der Waals surface area contributed by atoms with Crippen LogP contribution in [0.2, 0.25) is 0 Å². The van der Waals surface area contributed by atoms with Crippen molar-refractivity contribution in [2.24, 2.45) is 0 Å². The second-order valence-corrected chi connectivity index (χ2v) is 4.30. The monoisotopic (exact) mass is 255 g/mol. The van der Waals surface area contributed by atoms with Crippen LogP contribution in [0.5, 0.6) is 0 Å². The summed E-state index contributed by atoms with van der Waals surface area (Å²) in [5, 5.41) is 18.5. The number of allylic oxidation sites excluding steroid dienone is 1. The number of rotatable bonds is 2. The highest BCUT2D eigenvalue weighted by atomic mass is 19.1. The SMILES string of the molecule is Cc1cn([C@H]2C[C@H](O)C(CO)=C2F)c(=O)nc1N. The minimum atomic E-state index is -1.08. The Labute approximate surface area is 102 Å². The van der Waals surface area contributed by atoms with Gasteiger partial charge in [0.25, 0.3) is 0 Å². The standard InChI is InChI=1S/C11H14FN3O3/c1-5-3-15(11(18)14-10(5)13)7-2-8(17)6(4-16)9(7)12/h3,7-8,16-17H,2,4H2,1H3,(H2,13,14,18)/t7-,8-/m0/s1. The highest BCUT2D eigenvalue weighted by molar-refractivity contribution is 5.36. The molecule has 0 saturated heterocycles. The number of aliphatic hydroxyl groups is 2. The number of hydrogen-bond acceptors (Lipinski definition) is 5. The van der Waals surface area contributed by atoms with E-state index in [1.165, 1.54) is 6.20 Å². The number of nitrogens with two attached hydrogens (primary N) is 1. The van der Waals surface area contributed by atoms with Gasteiger partial charge in [-0.2, -0.15) is 4.98 Å². The zero-order chi connectivity index (χ0) is 13.4. The molecule has 0 bridgehead atoms. The lowest BCUT2D eigenvalue weighted by atomic mass is 10.2. The minimum Gasteiger partial charge on any atom is -0.392 e. The average Bonchev–Trinajstić information content (AvgIpc) is 2.59. The first-order chi connectivity index (χ1) is 8.45. The summed E-state index contributed by atoms with van der Waals surface area (Å²) in [6, 6.07) is -0.929. The van der Waals surface area contributed by atoms with E-state index in [2.05, 4.69) is 4.98 Å². The van der Waals surface area contributed by atoms with E-state index in [1.807, 2.05) is 0 Å². The predicted octanol–water partition coefficient (Wildman–Crippen LogP) is -0.344. The summed E-state index contributed by atoms with van der Waals surface area (Å²) in [5.41, 5.74) is 5.28. The van der Waals surface area contributed by atoms with E-state index < -0.39 is 30.3 Å². The van der Waals surface area contributed by atoms with E-state index in [0.29, 0.717) is 5.56 Å². The summed E-state index contributed by atoms with van der Waals surface area (Å²) in [5.74, 6) is -0.584. The maximum Gasteiger partial charge on any atom is 0.350 e. The maximum atomic E-state index is 13.9. The molecule has 98 valence electrons. The summed E-state index contributed by atoms with van der Waals surface area (Å²) < 4.78 is 15.0. The number of halogens is 1. The van der Waals surface area contributed by atoms with Gasteiger partial charge in [0, 0.05) is 23.8 Å². The van der Waals surface area contributed by atoms with E-state index in [-0.39, 0.29) is 17.8 Å². The molecule has 0 unspecified atom stereocenters. The third-order valence-corrected chi connectivity index (χ3v) is 3.13. The predicted molar refractivity (Wildman–Crippen MR) is 62.5 cm³/mol. The molecular formula is C11H14FN3O3. The van der Waals surface area contributed by atoms with E-state index >= 15 is 0 Å². The normalized spacial score (nSPS) is 23.8. The molecule has 1 aliphatic rings. The smallest absolute Gasteiger partial charge is 0.350 e. The van der Waals surface area contributed by atoms with Crippen molar-refractivity contribution in [1.82, 2.24) is 9.55 Å². The van der Waals surface area contributed by atoms with E-state index in [4.69, 9.17) is 10.8 Å². The number of nitrogens with zero attached hydrogens (tertiary/aromatic N) is 2. The number of aryl methyl sites for hydroxylation is 1. The number of anilines is 1. The fourth-order valence-corrected chi connectivity index (χ4v) is 2.05. The van der Waals surface area contributed by atoms with Crippen LogP contribution in [0.1, 0.15) is 18.0 Å². The second kappa shape index (κ2) is 4.51. The molecule has 0 aromatic carbocycles. The van der Waals surface area contributed by atoms with Crippen LogP contribution in [-0.4, -0.2) is 32.5 Å². The van der Waals surface area contributed by atoms with Crippen LogP contribution in [0.15, 0.2) is 22.4 Å². The molecule has 0 radical (unpaired) electrons. The zero-order valence-corrected chi connectivity index (χ0v) is 9.80. The molecule has 7 heteroatoms. The van der Waals surface area contributed by atoms with Gasteiger partial charge in [0.1, 0.15) is 11.6 Å². The number of aromatic nitrogens is 2. The lowest BCUT2D eigenvalue weighted by Crippen LogP contribution is -2.28. The minimum absolute atomic E-state index is 0.00662. The van der Waals surface area contributed by atoms with Gasteiger partial charge in [-0.3, -0.25) is 4.57 Å². The maximum absolute atomic E-state index is 13.9. The third kappa shape index (κ3) is 1.91. The molecule has 1 aromatic heterocycles. The number of nitrogen functional groups attached to an aromatic ring is 1. The molecule has 0 amide bonds. The van der Waals surface area contributed by atoms with Crippen molar-refractivity contribution in [3.8, 4) is 0 Å². The van der Waals surface area contributed by atoms with Crippen LogP contribution in [0.3, 0.4) is 0 Å². The van der Waals surface area contributed by atoms with Crippen molar-refractivity contribution in [1.29, 1.82) is 0 Å². The largest absolute Gasteiger partial charge is 0.392 e. The van der Waals surface area contributed by atoms with Crippen LogP contribution < -0.4 is 11.4 Å². The molecule has 0 fully saturated rings. The summed E-state index contributed by atoms with van der Waals surface area (Å²) >= 11 is 0. The third-order valence-electron chi connectivity index (χ3n) is 3.13. The van der Waals surface area contributed by atoms with Crippen LogP contribution >= 0.6 is 0 Å². The Morgan fingerprint density at radius 2 is 2.33 bits per heavy atom. The Balaban J connectivity index is 2.49. The van der Waals surface area contributed by atoms with Gasteiger partial charge in [0.2, 0.25) is 0 Å². The van der Waals surface area contributed by atoms with Gasteiger partial charge < -0.3 is 15.9 Å². The summed E-state index contributed by atoms with van der Waals surface area (Å²) in [7, 11) is 0. The van der Waals surface area contributed by atoms with Crippen molar-refractivity contribution >= 4 is 5.82 Å². The fraction of sp³-hybridized carbons (Fsp3) is 0.455. The molecule has 1 heterocycles. The van der Waals surface area contributed by atoms with Gasteiger partial charge in [-0.25, -0.2) is 9.18 Å². The highest BCUT2D eigenvalue weighted by Gasteiger charge is 2.34. The Kier molecular flexibility index (Phi) is 3.18. The fourth-order valence-electron chi connectivity index (χ4n) is 2.05. The van der Waals surface area contributed by atoms with Crippen molar-refractivity contribution in [2.75, 3.05) is 12.3 Å². The first-order valence-electron chi connectivity index (χ1n) is 5.48. The number of aliphatic hydroxyl groups excluding tert-OH is 2. The molecule has 2 atom stereocenters. The topological polar surface area (TPSA) is 101 Å². The summed E-state index contributed by atoms with van der Waals surface area (Å²) in [6.07, 6.45) is 0.332. The van der Waals surface area contributed by atoms with Gasteiger partial charge in [-0.05, 0) is 6.92 Å². The highest BCUT2D eigenvalue weighted by Crippen LogP contribution is 2.36. The molecule has 2 rings (SSSR count). The molecule has 1 aromatic rings. The Morgan fingerprint density at radius 1 is 1.67 bits per heavy atom. The van der Waals surface area contributed by atoms with Gasteiger partial charge in [0.05, 0.1) is 18.8 Å². The summed E-state index contributed by atoms with van der Waals surface area (Å²) in [4.78, 5) is 15.2. The Morgan fingerprint density at radius 3 is 2.89 bits per heavy atom. The van der Waals surface area contributed by atoms with Gasteiger partial charge in [0.15, 0.2) is 0 Å². The van der Waals surface area contributed by atoms with Crippen molar-refractivity contribution in [2.45, 2.75) is 25.5 Å². The average molecular weight is 255 g/mol. The zero-order valence-electron chi connectivity index (χ0n) is 9.80. The van der Waals surface area contributed by atoms with E-state index in [9.17, 15) is 14.3 Å². The molecule has 0 spiro atoms. The van der Waals surface area contributed by atoms with Crippen LogP contribution in [-0.2, 0) is 0 Å². The van der Waals surface area contributed by atoms with E-state index in [0.717, 1.165) is 4.57 Å². The van der Waals surface area contributed by atoms with Crippen LogP contribution in [0, 0.1) is 6.92 Å². The molecule has 1 aliphatic carbocycles. The van der Waals surface area contributed by atoms with Gasteiger partial charge in [-0.1, -0.05) is 0 Å². The first kappa shape index (κ1) is 12.7. The van der Waals surface area contributed by atoms with Crippen LogP contribution in [0.25, 0.3) is 0 Å². The van der Waals surface area contributed by atoms with Gasteiger partial charge in [-0.15, -0.1) is 0 Å². The molecule has 18 heavy (non-hydrogen) atoms. The first-order valence-corrected chi connectivity index (χ1v) is 5.48. The molecule has 6 nitrogen and oxygen atoms in total.